The Morgan fingerprint density at radius 2 is 1.85 bits per heavy atom. The molecule has 4 rings (SSSR count). The average Bonchev–Trinajstić information content (AvgIpc) is 3.22. The molecule has 0 saturated heterocycles. The molecule has 0 fully saturated rings. The number of hydrogen-bond acceptors (Lipinski definition) is 3. The lowest BCUT2D eigenvalue weighted by Crippen LogP contribution is -2.22. The summed E-state index contributed by atoms with van der Waals surface area (Å²) in [5.74, 6) is 0.0299. The van der Waals surface area contributed by atoms with E-state index in [2.05, 4.69) is 5.32 Å². The van der Waals surface area contributed by atoms with Gasteiger partial charge in [-0.3, -0.25) is 4.79 Å². The van der Waals surface area contributed by atoms with Crippen molar-refractivity contribution in [2.24, 2.45) is 0 Å². The van der Waals surface area contributed by atoms with E-state index >= 15 is 0 Å². The summed E-state index contributed by atoms with van der Waals surface area (Å²) in [6.45, 7) is 0.400. The molecule has 3 aromatic carbocycles. The number of hydrogen-bond donors (Lipinski definition) is 2. The number of furan rings is 1. The number of nitrogens with one attached hydrogen (secondary N) is 1. The highest BCUT2D eigenvalue weighted by Gasteiger charge is 2.11. The monoisotopic (exact) mass is 377 g/mol. The number of phenols is 1. The summed E-state index contributed by atoms with van der Waals surface area (Å²) in [6, 6.07) is 18.4. The Hall–Kier alpha value is -3.24. The Bertz CT molecular complexity index is 1100. The van der Waals surface area contributed by atoms with Gasteiger partial charge in [0.15, 0.2) is 0 Å². The van der Waals surface area contributed by atoms with E-state index in [-0.39, 0.29) is 11.7 Å². The second-order valence-corrected chi connectivity index (χ2v) is 6.65. The molecule has 0 bridgehead atoms. The van der Waals surface area contributed by atoms with E-state index in [1.807, 2.05) is 36.4 Å². The molecular weight excluding hydrogens is 362 g/mol. The van der Waals surface area contributed by atoms with Crippen molar-refractivity contribution in [2.75, 3.05) is 0 Å². The van der Waals surface area contributed by atoms with E-state index in [9.17, 15) is 9.90 Å². The van der Waals surface area contributed by atoms with E-state index < -0.39 is 0 Å². The quantitative estimate of drug-likeness (QED) is 0.501. The van der Waals surface area contributed by atoms with Crippen molar-refractivity contribution in [2.45, 2.75) is 6.54 Å². The van der Waals surface area contributed by atoms with Gasteiger partial charge < -0.3 is 14.8 Å². The van der Waals surface area contributed by atoms with Crippen LogP contribution < -0.4 is 5.32 Å². The molecule has 27 heavy (non-hydrogen) atoms. The van der Waals surface area contributed by atoms with Gasteiger partial charge in [0, 0.05) is 17.1 Å². The number of halogens is 1. The summed E-state index contributed by atoms with van der Waals surface area (Å²) in [4.78, 5) is 12.0. The van der Waals surface area contributed by atoms with Crippen LogP contribution >= 0.6 is 11.6 Å². The zero-order valence-electron chi connectivity index (χ0n) is 14.3. The maximum atomic E-state index is 12.0. The zero-order chi connectivity index (χ0) is 18.8. The number of phenolic OH excluding ortho intramolecular Hbond substituents is 1. The predicted molar refractivity (Wildman–Crippen MR) is 106 cm³/mol. The number of carbonyl (C=O) groups excluding carboxylic acids is 1. The van der Waals surface area contributed by atoms with E-state index in [4.69, 9.17) is 16.0 Å². The molecule has 1 heterocycles. The molecule has 0 spiro atoms. The number of rotatable bonds is 4. The molecule has 4 aromatic rings. The van der Waals surface area contributed by atoms with Gasteiger partial charge >= 0.3 is 0 Å². The van der Waals surface area contributed by atoms with E-state index in [1.165, 1.54) is 12.5 Å². The molecule has 0 aliphatic heterocycles. The van der Waals surface area contributed by atoms with Crippen molar-refractivity contribution < 1.29 is 14.3 Å². The largest absolute Gasteiger partial charge is 0.507 e. The second-order valence-electron chi connectivity index (χ2n) is 6.22. The van der Waals surface area contributed by atoms with Gasteiger partial charge in [-0.25, -0.2) is 0 Å². The molecular formula is C22H16ClNO3. The third-order valence-corrected chi connectivity index (χ3v) is 4.68. The number of fused-ring (bicyclic) bond motifs is 1. The molecule has 0 aliphatic rings. The molecule has 134 valence electrons. The molecule has 0 radical (unpaired) electrons. The molecule has 0 saturated carbocycles. The van der Waals surface area contributed by atoms with E-state index in [1.54, 1.807) is 24.3 Å². The predicted octanol–water partition coefficient (Wildman–Crippen LogP) is 5.39. The first-order chi connectivity index (χ1) is 13.1. The Kier molecular flexibility index (Phi) is 4.57. The van der Waals surface area contributed by atoms with Crippen LogP contribution in [-0.4, -0.2) is 11.0 Å². The molecule has 4 nitrogen and oxygen atoms in total. The van der Waals surface area contributed by atoms with Crippen LogP contribution in [0.3, 0.4) is 0 Å². The SMILES string of the molecule is O=C(NCc1ccc2c(-c3ccc(Cl)cc3)c(O)ccc2c1)c1ccoc1. The number of carbonyl (C=O) groups is 1. The third kappa shape index (κ3) is 3.52. The zero-order valence-corrected chi connectivity index (χ0v) is 15.0. The number of benzene rings is 3. The van der Waals surface area contributed by atoms with Crippen LogP contribution in [0.1, 0.15) is 15.9 Å². The van der Waals surface area contributed by atoms with E-state index in [0.717, 1.165) is 27.5 Å². The molecule has 1 amide bonds. The van der Waals surface area contributed by atoms with Crippen LogP contribution in [0.25, 0.3) is 21.9 Å². The summed E-state index contributed by atoms with van der Waals surface area (Å²) in [5, 5.41) is 15.8. The Morgan fingerprint density at radius 1 is 1.04 bits per heavy atom. The van der Waals surface area contributed by atoms with Crippen LogP contribution in [0.4, 0.5) is 0 Å². The minimum Gasteiger partial charge on any atom is -0.507 e. The minimum absolute atomic E-state index is 0.184. The highest BCUT2D eigenvalue weighted by molar-refractivity contribution is 6.30. The van der Waals surface area contributed by atoms with Crippen molar-refractivity contribution in [3.05, 3.63) is 89.3 Å². The Morgan fingerprint density at radius 3 is 2.59 bits per heavy atom. The number of amides is 1. The molecule has 5 heteroatoms. The normalized spacial score (nSPS) is 10.9. The molecule has 0 aliphatic carbocycles. The third-order valence-electron chi connectivity index (χ3n) is 4.43. The lowest BCUT2D eigenvalue weighted by atomic mass is 9.96. The highest BCUT2D eigenvalue weighted by atomic mass is 35.5. The smallest absolute Gasteiger partial charge is 0.254 e. The molecule has 2 N–H and O–H groups in total. The van der Waals surface area contributed by atoms with Gasteiger partial charge in [0.1, 0.15) is 12.0 Å². The average molecular weight is 378 g/mol. The Labute approximate surface area is 161 Å². The van der Waals surface area contributed by atoms with E-state index in [0.29, 0.717) is 17.1 Å². The van der Waals surface area contributed by atoms with Gasteiger partial charge in [-0.05, 0) is 52.2 Å². The van der Waals surface area contributed by atoms with Crippen LogP contribution in [0, 0.1) is 0 Å². The summed E-state index contributed by atoms with van der Waals surface area (Å²) in [6.07, 6.45) is 2.88. The maximum absolute atomic E-state index is 12.0. The van der Waals surface area contributed by atoms with Gasteiger partial charge in [-0.2, -0.15) is 0 Å². The first kappa shape index (κ1) is 17.2. The fourth-order valence-electron chi connectivity index (χ4n) is 3.08. The van der Waals surface area contributed by atoms with Crippen molar-refractivity contribution in [3.8, 4) is 16.9 Å². The summed E-state index contributed by atoms with van der Waals surface area (Å²) < 4.78 is 4.93. The van der Waals surface area contributed by atoms with Crippen LogP contribution in [0.2, 0.25) is 5.02 Å². The summed E-state index contributed by atoms with van der Waals surface area (Å²) in [5.41, 5.74) is 3.11. The maximum Gasteiger partial charge on any atom is 0.254 e. The van der Waals surface area contributed by atoms with Crippen molar-refractivity contribution in [1.82, 2.24) is 5.32 Å². The van der Waals surface area contributed by atoms with Crippen LogP contribution in [0.5, 0.6) is 5.75 Å². The number of aromatic hydroxyl groups is 1. The minimum atomic E-state index is -0.184. The van der Waals surface area contributed by atoms with Crippen molar-refractivity contribution in [3.63, 3.8) is 0 Å². The Balaban J connectivity index is 1.64. The van der Waals surface area contributed by atoms with Crippen LogP contribution in [-0.2, 0) is 6.54 Å². The molecule has 1 aromatic heterocycles. The van der Waals surface area contributed by atoms with Gasteiger partial charge in [-0.15, -0.1) is 0 Å². The molecule has 0 atom stereocenters. The second kappa shape index (κ2) is 7.17. The lowest BCUT2D eigenvalue weighted by Gasteiger charge is -2.11. The van der Waals surface area contributed by atoms with Crippen LogP contribution in [0.15, 0.2) is 77.6 Å². The summed E-state index contributed by atoms with van der Waals surface area (Å²) >= 11 is 5.97. The van der Waals surface area contributed by atoms with Gasteiger partial charge in [0.05, 0.1) is 11.8 Å². The fraction of sp³-hybridized carbons (Fsp3) is 0.0455. The lowest BCUT2D eigenvalue weighted by molar-refractivity contribution is 0.0950. The van der Waals surface area contributed by atoms with Gasteiger partial charge in [0.2, 0.25) is 0 Å². The van der Waals surface area contributed by atoms with Gasteiger partial charge in [0.25, 0.3) is 5.91 Å². The fourth-order valence-corrected chi connectivity index (χ4v) is 3.20. The molecule has 0 unspecified atom stereocenters. The first-order valence-electron chi connectivity index (χ1n) is 8.43. The van der Waals surface area contributed by atoms with Crippen molar-refractivity contribution in [1.29, 1.82) is 0 Å². The standard InChI is InChI=1S/C22H16ClNO3/c23-18-5-2-15(3-6-18)21-19-7-1-14(11-16(19)4-8-20(21)25)12-24-22(26)17-9-10-27-13-17/h1-11,13,25H,12H2,(H,24,26). The van der Waals surface area contributed by atoms with Crippen molar-refractivity contribution >= 4 is 28.3 Å². The first-order valence-corrected chi connectivity index (χ1v) is 8.80. The summed E-state index contributed by atoms with van der Waals surface area (Å²) in [7, 11) is 0. The highest BCUT2D eigenvalue weighted by Crippen LogP contribution is 2.37. The topological polar surface area (TPSA) is 62.5 Å². The van der Waals surface area contributed by atoms with Gasteiger partial charge in [-0.1, -0.05) is 41.9 Å².